The quantitative estimate of drug-likeness (QED) is 0.245. The summed E-state index contributed by atoms with van der Waals surface area (Å²) in [6.45, 7) is 5.61. The molecule has 0 saturated carbocycles. The van der Waals surface area contributed by atoms with Crippen molar-refractivity contribution in [3.63, 3.8) is 0 Å². The summed E-state index contributed by atoms with van der Waals surface area (Å²) in [6, 6.07) is 8.34. The molecule has 1 unspecified atom stereocenters. The van der Waals surface area contributed by atoms with Gasteiger partial charge in [-0.2, -0.15) is 0 Å². The van der Waals surface area contributed by atoms with Crippen LogP contribution in [0.15, 0.2) is 41.6 Å². The van der Waals surface area contributed by atoms with E-state index >= 15 is 0 Å². The highest BCUT2D eigenvalue weighted by molar-refractivity contribution is 14.1. The lowest BCUT2D eigenvalue weighted by Gasteiger charge is -2.50. The number of carbonyl (C=O) groups excluding carboxylic acids is 3. The van der Waals surface area contributed by atoms with Crippen molar-refractivity contribution in [1.29, 1.82) is 0 Å². The minimum Gasteiger partial charge on any atom is -0.515 e. The summed E-state index contributed by atoms with van der Waals surface area (Å²) in [4.78, 5) is 39.2. The fraction of sp³-hybridized carbons (Fsp3) is 0.421. The molecule has 29 heavy (non-hydrogen) atoms. The Morgan fingerprint density at radius 3 is 2.59 bits per heavy atom. The van der Waals surface area contributed by atoms with E-state index in [4.69, 9.17) is 9.16 Å². The molecule has 1 aromatic rings. The van der Waals surface area contributed by atoms with Gasteiger partial charge in [-0.05, 0) is 37.3 Å². The van der Waals surface area contributed by atoms with Crippen LogP contribution in [0, 0.1) is 0 Å². The van der Waals surface area contributed by atoms with Crippen LogP contribution < -0.4 is 10.1 Å². The van der Waals surface area contributed by atoms with Gasteiger partial charge < -0.3 is 14.5 Å². The number of benzene rings is 1. The van der Waals surface area contributed by atoms with Crippen molar-refractivity contribution in [2.45, 2.75) is 31.1 Å². The van der Waals surface area contributed by atoms with Crippen molar-refractivity contribution in [3.05, 3.63) is 41.6 Å². The molecule has 7 nitrogen and oxygen atoms in total. The Balaban J connectivity index is 1.65. The van der Waals surface area contributed by atoms with Gasteiger partial charge in [0.1, 0.15) is 22.9 Å². The summed E-state index contributed by atoms with van der Waals surface area (Å²) >= 11 is 3.73. The fourth-order valence-electron chi connectivity index (χ4n) is 2.98. The number of alkyl halides is 1. The number of hydrogen-bond acceptors (Lipinski definition) is 6. The van der Waals surface area contributed by atoms with Gasteiger partial charge in [0.15, 0.2) is 6.61 Å². The smallest absolute Gasteiger partial charge is 0.341 e. The number of carbonyl (C=O) groups is 3. The first kappa shape index (κ1) is 22.2. The summed E-state index contributed by atoms with van der Waals surface area (Å²) < 4.78 is 11.7. The van der Waals surface area contributed by atoms with Gasteiger partial charge in [0.25, 0.3) is 11.8 Å². The van der Waals surface area contributed by atoms with E-state index in [1.807, 2.05) is 37.8 Å². The van der Waals surface area contributed by atoms with Crippen molar-refractivity contribution in [2.24, 2.45) is 0 Å². The van der Waals surface area contributed by atoms with E-state index in [1.54, 1.807) is 23.9 Å². The molecule has 2 heterocycles. The number of amides is 2. The third-order valence-electron chi connectivity index (χ3n) is 4.23. The minimum atomic E-state index is -2.10. The Hall–Kier alpha value is -1.53. The van der Waals surface area contributed by atoms with Crippen LogP contribution in [-0.4, -0.2) is 59.2 Å². The first-order chi connectivity index (χ1) is 13.7. The topological polar surface area (TPSA) is 84.9 Å². The summed E-state index contributed by atoms with van der Waals surface area (Å²) in [5, 5.41) is 2.43. The maximum absolute atomic E-state index is 12.8. The van der Waals surface area contributed by atoms with Crippen LogP contribution in [0.3, 0.4) is 0 Å². The number of hydrogen-bond donors (Lipinski definition) is 1. The Morgan fingerprint density at radius 2 is 1.97 bits per heavy atom. The third-order valence-corrected chi connectivity index (χ3v) is 7.29. The molecule has 0 aliphatic carbocycles. The SMILES string of the molecule is C[Si](C)(C)OC(=O)C1=C(CI)CS[C@H]2C(NC(=O)COc3ccccc3)C(=O)N12. The van der Waals surface area contributed by atoms with Crippen LogP contribution in [0.1, 0.15) is 0 Å². The van der Waals surface area contributed by atoms with Crippen LogP contribution in [0.5, 0.6) is 5.75 Å². The molecule has 2 aliphatic rings. The first-order valence-electron chi connectivity index (χ1n) is 9.14. The average molecular weight is 546 g/mol. The van der Waals surface area contributed by atoms with E-state index in [1.165, 1.54) is 4.90 Å². The van der Waals surface area contributed by atoms with E-state index in [9.17, 15) is 14.4 Å². The average Bonchev–Trinajstić information content (AvgIpc) is 2.68. The van der Waals surface area contributed by atoms with E-state index in [-0.39, 0.29) is 23.8 Å². The number of nitrogens with zero attached hydrogens (tertiary/aromatic N) is 1. The lowest BCUT2D eigenvalue weighted by atomic mass is 10.0. The van der Waals surface area contributed by atoms with Crippen molar-refractivity contribution >= 4 is 60.5 Å². The number of ether oxygens (including phenoxy) is 1. The highest BCUT2D eigenvalue weighted by Crippen LogP contribution is 2.41. The molecular formula is C19H23IN2O5SSi. The lowest BCUT2D eigenvalue weighted by molar-refractivity contribution is -0.150. The van der Waals surface area contributed by atoms with Crippen molar-refractivity contribution in [2.75, 3.05) is 16.8 Å². The van der Waals surface area contributed by atoms with Crippen molar-refractivity contribution in [1.82, 2.24) is 10.2 Å². The van der Waals surface area contributed by atoms with Gasteiger partial charge in [0, 0.05) is 10.2 Å². The molecule has 156 valence electrons. The predicted molar refractivity (Wildman–Crippen MR) is 122 cm³/mol. The minimum absolute atomic E-state index is 0.176. The highest BCUT2D eigenvalue weighted by Gasteiger charge is 2.54. The van der Waals surface area contributed by atoms with Gasteiger partial charge >= 0.3 is 5.97 Å². The molecule has 0 spiro atoms. The van der Waals surface area contributed by atoms with Gasteiger partial charge in [-0.3, -0.25) is 14.5 Å². The number of fused-ring (bicyclic) bond motifs is 1. The summed E-state index contributed by atoms with van der Waals surface area (Å²) in [5.74, 6) is 0.108. The Labute approximate surface area is 188 Å². The second-order valence-corrected chi connectivity index (χ2v) is 13.9. The zero-order valence-electron chi connectivity index (χ0n) is 16.4. The van der Waals surface area contributed by atoms with Crippen molar-refractivity contribution in [3.8, 4) is 5.75 Å². The molecule has 3 rings (SSSR count). The van der Waals surface area contributed by atoms with E-state index in [0.29, 0.717) is 21.6 Å². The van der Waals surface area contributed by atoms with Gasteiger partial charge in [-0.25, -0.2) is 4.79 Å². The molecule has 10 heteroatoms. The maximum Gasteiger partial charge on any atom is 0.341 e. The second kappa shape index (κ2) is 9.09. The Kier molecular flexibility index (Phi) is 6.94. The zero-order valence-corrected chi connectivity index (χ0v) is 20.4. The van der Waals surface area contributed by atoms with Gasteiger partial charge in [0.05, 0.1) is 0 Å². The van der Waals surface area contributed by atoms with Gasteiger partial charge in [-0.1, -0.05) is 40.8 Å². The van der Waals surface area contributed by atoms with E-state index in [2.05, 4.69) is 27.9 Å². The van der Waals surface area contributed by atoms with Crippen LogP contribution in [0.4, 0.5) is 0 Å². The Bertz CT molecular complexity index is 843. The normalized spacial score (nSPS) is 21.2. The lowest BCUT2D eigenvalue weighted by Crippen LogP contribution is -2.71. The highest BCUT2D eigenvalue weighted by atomic mass is 127. The number of nitrogens with one attached hydrogen (secondary N) is 1. The standard InChI is InChI=1S/C19H23IN2O5SSi/c1-29(2,3)27-19(25)16-12(9-20)11-28-18-15(17(24)22(16)18)21-14(23)10-26-13-7-5-4-6-8-13/h4-8,15,18H,9-11H2,1-3H3,(H,21,23)/t15?,18-/m0/s1. The molecule has 0 radical (unpaired) electrons. The molecule has 1 fully saturated rings. The largest absolute Gasteiger partial charge is 0.515 e. The first-order valence-corrected chi connectivity index (χ1v) is 15.1. The molecule has 1 aromatic carbocycles. The van der Waals surface area contributed by atoms with E-state index < -0.39 is 20.3 Å². The maximum atomic E-state index is 12.8. The fourth-order valence-corrected chi connectivity index (χ4v) is 5.98. The third kappa shape index (κ3) is 5.15. The second-order valence-electron chi connectivity index (χ2n) is 7.64. The van der Waals surface area contributed by atoms with Gasteiger partial charge in [-0.15, -0.1) is 11.8 Å². The van der Waals surface area contributed by atoms with Crippen LogP contribution in [0.25, 0.3) is 0 Å². The number of para-hydroxylation sites is 1. The number of halogens is 1. The van der Waals surface area contributed by atoms with Gasteiger partial charge in [0.2, 0.25) is 8.32 Å². The van der Waals surface area contributed by atoms with Crippen LogP contribution in [0.2, 0.25) is 19.6 Å². The number of thioether (sulfide) groups is 1. The molecule has 1 saturated heterocycles. The monoisotopic (exact) mass is 546 g/mol. The van der Waals surface area contributed by atoms with E-state index in [0.717, 1.165) is 5.57 Å². The Morgan fingerprint density at radius 1 is 1.28 bits per heavy atom. The van der Waals surface area contributed by atoms with Crippen molar-refractivity contribution < 1.29 is 23.5 Å². The summed E-state index contributed by atoms with van der Waals surface area (Å²) in [6.07, 6.45) is 0. The molecule has 2 atom stereocenters. The molecule has 2 aliphatic heterocycles. The van der Waals surface area contributed by atoms with Crippen LogP contribution >= 0.6 is 34.4 Å². The summed E-state index contributed by atoms with van der Waals surface area (Å²) in [7, 11) is -2.10. The van der Waals surface area contributed by atoms with Crippen LogP contribution in [-0.2, 0) is 18.8 Å². The molecule has 1 N–H and O–H groups in total. The molecule has 0 aromatic heterocycles. The molecule has 0 bridgehead atoms. The summed E-state index contributed by atoms with van der Waals surface area (Å²) in [5.41, 5.74) is 1.24. The molecular weight excluding hydrogens is 523 g/mol. The predicted octanol–water partition coefficient (Wildman–Crippen LogP) is 2.53. The number of β-lactam (4-membered cyclic amide) rings is 1. The number of rotatable bonds is 7. The molecule has 2 amide bonds. The zero-order chi connectivity index (χ0) is 21.2.